The topological polar surface area (TPSA) is 78.9 Å². The van der Waals surface area contributed by atoms with E-state index >= 15 is 0 Å². The van der Waals surface area contributed by atoms with Crippen molar-refractivity contribution >= 4 is 23.3 Å². The highest BCUT2D eigenvalue weighted by Crippen LogP contribution is 2.17. The SMILES string of the molecule is CC(/C(N)=N/O)N(C)C(=O)c1ccc(Cl)c(F)c1. The van der Waals surface area contributed by atoms with Gasteiger partial charge >= 0.3 is 0 Å². The van der Waals surface area contributed by atoms with Crippen LogP contribution in [-0.4, -0.2) is 34.9 Å². The number of carbonyl (C=O) groups is 1. The third-order valence-electron chi connectivity index (χ3n) is 2.61. The third kappa shape index (κ3) is 2.89. The lowest BCUT2D eigenvalue weighted by Crippen LogP contribution is -2.43. The van der Waals surface area contributed by atoms with Crippen molar-refractivity contribution in [2.24, 2.45) is 10.9 Å². The van der Waals surface area contributed by atoms with Gasteiger partial charge in [-0.05, 0) is 25.1 Å². The van der Waals surface area contributed by atoms with Gasteiger partial charge in [-0.15, -0.1) is 0 Å². The number of hydrogen-bond acceptors (Lipinski definition) is 3. The maximum Gasteiger partial charge on any atom is 0.254 e. The average molecular weight is 274 g/mol. The quantitative estimate of drug-likeness (QED) is 0.381. The number of benzene rings is 1. The number of oxime groups is 1. The first kappa shape index (κ1) is 14.2. The predicted molar refractivity (Wildman–Crippen MR) is 66.4 cm³/mol. The smallest absolute Gasteiger partial charge is 0.254 e. The van der Waals surface area contributed by atoms with Gasteiger partial charge in [0, 0.05) is 12.6 Å². The zero-order chi connectivity index (χ0) is 13.9. The first-order valence-electron chi connectivity index (χ1n) is 5.08. The van der Waals surface area contributed by atoms with Gasteiger partial charge < -0.3 is 15.8 Å². The molecule has 0 saturated carbocycles. The molecule has 1 aromatic carbocycles. The molecule has 0 aliphatic rings. The summed E-state index contributed by atoms with van der Waals surface area (Å²) >= 11 is 5.53. The summed E-state index contributed by atoms with van der Waals surface area (Å²) in [6.07, 6.45) is 0. The Morgan fingerprint density at radius 3 is 2.72 bits per heavy atom. The molecule has 0 bridgehead atoms. The van der Waals surface area contributed by atoms with E-state index in [-0.39, 0.29) is 16.4 Å². The summed E-state index contributed by atoms with van der Waals surface area (Å²) in [5, 5.41) is 11.3. The fourth-order valence-electron chi connectivity index (χ4n) is 1.29. The van der Waals surface area contributed by atoms with Gasteiger partial charge in [0.15, 0.2) is 5.84 Å². The molecule has 1 amide bonds. The molecule has 3 N–H and O–H groups in total. The van der Waals surface area contributed by atoms with Crippen molar-refractivity contribution in [3.05, 3.63) is 34.6 Å². The minimum absolute atomic E-state index is 0.0568. The van der Waals surface area contributed by atoms with Gasteiger partial charge in [-0.3, -0.25) is 4.79 Å². The van der Waals surface area contributed by atoms with Crippen molar-refractivity contribution in [3.63, 3.8) is 0 Å². The highest BCUT2D eigenvalue weighted by atomic mass is 35.5. The first-order chi connectivity index (χ1) is 8.38. The normalized spacial score (nSPS) is 13.2. The molecule has 1 atom stereocenters. The number of amides is 1. The maximum atomic E-state index is 13.2. The van der Waals surface area contributed by atoms with Crippen LogP contribution in [0.2, 0.25) is 5.02 Å². The molecule has 1 unspecified atom stereocenters. The van der Waals surface area contributed by atoms with Crippen LogP contribution >= 0.6 is 11.6 Å². The zero-order valence-corrected chi connectivity index (χ0v) is 10.6. The number of halogens is 2. The van der Waals surface area contributed by atoms with Crippen molar-refractivity contribution < 1.29 is 14.4 Å². The summed E-state index contributed by atoms with van der Waals surface area (Å²) in [6, 6.07) is 3.14. The van der Waals surface area contributed by atoms with Crippen molar-refractivity contribution in [1.29, 1.82) is 0 Å². The van der Waals surface area contributed by atoms with Crippen LogP contribution in [0.15, 0.2) is 23.4 Å². The molecule has 1 aromatic rings. The van der Waals surface area contributed by atoms with Gasteiger partial charge in [-0.25, -0.2) is 4.39 Å². The molecule has 7 heteroatoms. The lowest BCUT2D eigenvalue weighted by molar-refractivity contribution is 0.0776. The molecule has 0 aliphatic heterocycles. The van der Waals surface area contributed by atoms with Crippen LogP contribution in [0.25, 0.3) is 0 Å². The van der Waals surface area contributed by atoms with Gasteiger partial charge in [0.1, 0.15) is 5.82 Å². The van der Waals surface area contributed by atoms with Crippen molar-refractivity contribution in [3.8, 4) is 0 Å². The van der Waals surface area contributed by atoms with E-state index in [1.54, 1.807) is 6.92 Å². The number of amidine groups is 1. The number of likely N-dealkylation sites (N-methyl/N-ethyl adjacent to an activating group) is 1. The van der Waals surface area contributed by atoms with Crippen LogP contribution in [0.4, 0.5) is 4.39 Å². The molecule has 0 heterocycles. The van der Waals surface area contributed by atoms with E-state index in [0.717, 1.165) is 6.07 Å². The van der Waals surface area contributed by atoms with Crippen LogP contribution in [0.1, 0.15) is 17.3 Å². The summed E-state index contributed by atoms with van der Waals surface area (Å²) in [5.74, 6) is -1.24. The Bertz CT molecular complexity index is 493. The van der Waals surface area contributed by atoms with Crippen LogP contribution in [-0.2, 0) is 0 Å². The fraction of sp³-hybridized carbons (Fsp3) is 0.273. The highest BCUT2D eigenvalue weighted by Gasteiger charge is 2.21. The standard InChI is InChI=1S/C11H13ClFN3O2/c1-6(10(14)15-18)16(2)11(17)7-3-4-8(12)9(13)5-7/h3-6,18H,1-2H3,(H2,14,15). The second-order valence-corrected chi connectivity index (χ2v) is 4.15. The molecule has 0 spiro atoms. The Balaban J connectivity index is 2.96. The summed E-state index contributed by atoms with van der Waals surface area (Å²) in [5.41, 5.74) is 5.53. The lowest BCUT2D eigenvalue weighted by atomic mass is 10.1. The van der Waals surface area contributed by atoms with Gasteiger partial charge in [-0.2, -0.15) is 0 Å². The van der Waals surface area contributed by atoms with Gasteiger partial charge in [0.25, 0.3) is 5.91 Å². The summed E-state index contributed by atoms with van der Waals surface area (Å²) in [6.45, 7) is 1.58. The molecular weight excluding hydrogens is 261 g/mol. The molecule has 0 radical (unpaired) electrons. The van der Waals surface area contributed by atoms with Gasteiger partial charge in [0.05, 0.1) is 11.1 Å². The fourth-order valence-corrected chi connectivity index (χ4v) is 1.41. The molecule has 1 rings (SSSR count). The second kappa shape index (κ2) is 5.68. The van der Waals surface area contributed by atoms with Gasteiger partial charge in [0.2, 0.25) is 0 Å². The van der Waals surface area contributed by atoms with E-state index in [9.17, 15) is 9.18 Å². The number of carbonyl (C=O) groups excluding carboxylic acids is 1. The molecule has 0 aromatic heterocycles. The Kier molecular flexibility index (Phi) is 4.49. The van der Waals surface area contributed by atoms with Crippen molar-refractivity contribution in [2.45, 2.75) is 13.0 Å². The van der Waals surface area contributed by atoms with E-state index < -0.39 is 17.8 Å². The second-order valence-electron chi connectivity index (χ2n) is 3.75. The number of rotatable bonds is 3. The van der Waals surface area contributed by atoms with E-state index in [4.69, 9.17) is 22.5 Å². The zero-order valence-electron chi connectivity index (χ0n) is 9.89. The van der Waals surface area contributed by atoms with E-state index in [2.05, 4.69) is 5.16 Å². The number of nitrogens with two attached hydrogens (primary N) is 1. The minimum atomic E-state index is -0.674. The Morgan fingerprint density at radius 2 is 2.22 bits per heavy atom. The highest BCUT2D eigenvalue weighted by molar-refractivity contribution is 6.30. The lowest BCUT2D eigenvalue weighted by Gasteiger charge is -2.23. The predicted octanol–water partition coefficient (Wildman–Crippen LogP) is 1.69. The maximum absolute atomic E-state index is 13.2. The molecule has 5 nitrogen and oxygen atoms in total. The number of nitrogens with zero attached hydrogens (tertiary/aromatic N) is 2. The summed E-state index contributed by atoms with van der Waals surface area (Å²) in [4.78, 5) is 13.2. The Morgan fingerprint density at radius 1 is 1.61 bits per heavy atom. The van der Waals surface area contributed by atoms with Gasteiger partial charge in [-0.1, -0.05) is 16.8 Å². The minimum Gasteiger partial charge on any atom is -0.409 e. The third-order valence-corrected chi connectivity index (χ3v) is 2.92. The Labute approximate surface area is 109 Å². The largest absolute Gasteiger partial charge is 0.409 e. The molecule has 0 aliphatic carbocycles. The van der Waals surface area contributed by atoms with Crippen molar-refractivity contribution in [1.82, 2.24) is 4.90 Å². The monoisotopic (exact) mass is 273 g/mol. The van der Waals surface area contributed by atoms with E-state index in [0.29, 0.717) is 0 Å². The molecule has 0 fully saturated rings. The molecular formula is C11H13ClFN3O2. The van der Waals surface area contributed by atoms with Crippen molar-refractivity contribution in [2.75, 3.05) is 7.05 Å². The molecule has 18 heavy (non-hydrogen) atoms. The van der Waals surface area contributed by atoms with Crippen LogP contribution in [0.3, 0.4) is 0 Å². The summed E-state index contributed by atoms with van der Waals surface area (Å²) < 4.78 is 13.2. The van der Waals surface area contributed by atoms with Crippen LogP contribution in [0.5, 0.6) is 0 Å². The van der Waals surface area contributed by atoms with E-state index in [1.165, 1.54) is 24.1 Å². The molecule has 98 valence electrons. The first-order valence-corrected chi connectivity index (χ1v) is 5.46. The molecule has 0 saturated heterocycles. The van der Waals surface area contributed by atoms with E-state index in [1.807, 2.05) is 0 Å². The van der Waals surface area contributed by atoms with Crippen LogP contribution < -0.4 is 5.73 Å². The summed E-state index contributed by atoms with van der Waals surface area (Å²) in [7, 11) is 1.47. The number of hydrogen-bond donors (Lipinski definition) is 2. The average Bonchev–Trinajstić information content (AvgIpc) is 2.38. The van der Waals surface area contributed by atoms with Crippen LogP contribution in [0, 0.1) is 5.82 Å². The Hall–Kier alpha value is -1.82.